The minimum atomic E-state index is -4.69. The van der Waals surface area contributed by atoms with E-state index in [0.717, 1.165) is 0 Å². The van der Waals surface area contributed by atoms with Crippen LogP contribution in [0.4, 0.5) is 29.1 Å². The number of rotatable bonds is 3. The van der Waals surface area contributed by atoms with Crippen molar-refractivity contribution in [3.63, 3.8) is 0 Å². The number of anilines is 2. The monoisotopic (exact) mass is 418 g/mol. The first-order valence-corrected chi connectivity index (χ1v) is 9.47. The van der Waals surface area contributed by atoms with Crippen LogP contribution in [-0.2, 0) is 11.0 Å². The summed E-state index contributed by atoms with van der Waals surface area (Å²) in [5.74, 6) is -1.90. The van der Waals surface area contributed by atoms with Gasteiger partial charge in [-0.3, -0.25) is 4.79 Å². The van der Waals surface area contributed by atoms with E-state index in [2.05, 4.69) is 15.3 Å². The van der Waals surface area contributed by atoms with Crippen LogP contribution < -0.4 is 10.2 Å². The van der Waals surface area contributed by atoms with Crippen molar-refractivity contribution in [2.75, 3.05) is 23.3 Å². The third kappa shape index (κ3) is 4.05. The van der Waals surface area contributed by atoms with E-state index in [1.165, 1.54) is 29.2 Å². The highest BCUT2D eigenvalue weighted by Crippen LogP contribution is 2.36. The molecule has 5 nitrogen and oxygen atoms in total. The van der Waals surface area contributed by atoms with Crippen LogP contribution in [0.25, 0.3) is 11.0 Å². The predicted molar refractivity (Wildman–Crippen MR) is 105 cm³/mol. The van der Waals surface area contributed by atoms with Crippen LogP contribution in [0.5, 0.6) is 0 Å². The first-order chi connectivity index (χ1) is 14.3. The van der Waals surface area contributed by atoms with Gasteiger partial charge >= 0.3 is 6.18 Å². The molecule has 30 heavy (non-hydrogen) atoms. The smallest absolute Gasteiger partial charge is 0.354 e. The first-order valence-electron chi connectivity index (χ1n) is 9.47. The predicted octanol–water partition coefficient (Wildman–Crippen LogP) is 4.64. The SMILES string of the molecule is O=C(Nc1ccccc1F)[C@H]1CCCN(c2nc3ccccc3nc2C(F)(F)F)C1. The molecular weight excluding hydrogens is 400 g/mol. The number of benzene rings is 2. The molecule has 1 aliphatic rings. The molecule has 0 radical (unpaired) electrons. The van der Waals surface area contributed by atoms with Crippen molar-refractivity contribution in [3.8, 4) is 0 Å². The number of fused-ring (bicyclic) bond motifs is 1. The average Bonchev–Trinajstić information content (AvgIpc) is 2.74. The molecule has 9 heteroatoms. The fraction of sp³-hybridized carbons (Fsp3) is 0.286. The molecule has 1 atom stereocenters. The Labute approximate surface area is 169 Å². The maximum atomic E-state index is 13.8. The quantitative estimate of drug-likeness (QED) is 0.630. The van der Waals surface area contributed by atoms with Crippen LogP contribution in [0.1, 0.15) is 18.5 Å². The van der Waals surface area contributed by atoms with Gasteiger partial charge in [-0.2, -0.15) is 13.2 Å². The lowest BCUT2D eigenvalue weighted by atomic mass is 9.96. The molecule has 2 heterocycles. The molecule has 4 rings (SSSR count). The Kier molecular flexibility index (Phi) is 5.27. The maximum Gasteiger partial charge on any atom is 0.437 e. The zero-order valence-corrected chi connectivity index (χ0v) is 15.8. The average molecular weight is 418 g/mol. The van der Waals surface area contributed by atoms with Gasteiger partial charge in [-0.1, -0.05) is 24.3 Å². The standard InChI is InChI=1S/C21H18F4N4O/c22-14-7-1-2-8-15(14)28-20(30)13-6-5-11-29(12-13)19-18(21(23,24)25)26-16-9-3-4-10-17(16)27-19/h1-4,7-10,13H,5-6,11-12H2,(H,28,30)/t13-/m0/s1. The Balaban J connectivity index is 1.62. The summed E-state index contributed by atoms with van der Waals surface area (Å²) >= 11 is 0. The van der Waals surface area contributed by atoms with Crippen LogP contribution in [0.15, 0.2) is 48.5 Å². The zero-order chi connectivity index (χ0) is 21.3. The van der Waals surface area contributed by atoms with Gasteiger partial charge in [0.25, 0.3) is 0 Å². The van der Waals surface area contributed by atoms with Gasteiger partial charge in [0.2, 0.25) is 5.91 Å². The second-order valence-electron chi connectivity index (χ2n) is 7.14. The van der Waals surface area contributed by atoms with Crippen LogP contribution in [-0.4, -0.2) is 29.0 Å². The first kappa shape index (κ1) is 20.1. The number of nitrogens with one attached hydrogen (secondary N) is 1. The molecule has 0 saturated carbocycles. The van der Waals surface area contributed by atoms with Gasteiger partial charge < -0.3 is 10.2 Å². The molecule has 0 aliphatic carbocycles. The zero-order valence-electron chi connectivity index (χ0n) is 15.8. The third-order valence-electron chi connectivity index (χ3n) is 5.04. The van der Waals surface area contributed by atoms with Crippen molar-refractivity contribution in [1.29, 1.82) is 0 Å². The van der Waals surface area contributed by atoms with E-state index in [1.54, 1.807) is 24.3 Å². The van der Waals surface area contributed by atoms with Crippen LogP contribution in [0.3, 0.4) is 0 Å². The molecule has 0 bridgehead atoms. The molecule has 0 spiro atoms. The lowest BCUT2D eigenvalue weighted by molar-refractivity contribution is -0.140. The van der Waals surface area contributed by atoms with Crippen molar-refractivity contribution in [2.45, 2.75) is 19.0 Å². The van der Waals surface area contributed by atoms with Crippen molar-refractivity contribution < 1.29 is 22.4 Å². The number of alkyl halides is 3. The summed E-state index contributed by atoms with van der Waals surface area (Å²) in [5.41, 5.74) is -0.532. The molecule has 1 fully saturated rings. The molecule has 0 unspecified atom stereocenters. The Hall–Kier alpha value is -3.23. The number of para-hydroxylation sites is 3. The minimum Gasteiger partial charge on any atom is -0.354 e. The van der Waals surface area contributed by atoms with Gasteiger partial charge in [-0.15, -0.1) is 0 Å². The summed E-state index contributed by atoms with van der Waals surface area (Å²) in [4.78, 5) is 22.1. The van der Waals surface area contributed by atoms with Crippen molar-refractivity contribution in [1.82, 2.24) is 9.97 Å². The number of amides is 1. The normalized spacial score (nSPS) is 17.2. The molecule has 156 valence electrons. The molecule has 3 aromatic rings. The molecule has 1 saturated heterocycles. The van der Waals surface area contributed by atoms with Gasteiger partial charge in [0, 0.05) is 13.1 Å². The summed E-state index contributed by atoms with van der Waals surface area (Å²) in [6.45, 7) is 0.357. The summed E-state index contributed by atoms with van der Waals surface area (Å²) in [6.07, 6.45) is -3.70. The maximum absolute atomic E-state index is 13.8. The Morgan fingerprint density at radius 2 is 1.70 bits per heavy atom. The molecule has 1 aromatic heterocycles. The Morgan fingerprint density at radius 3 is 2.40 bits per heavy atom. The molecule has 1 amide bonds. The van der Waals surface area contributed by atoms with Gasteiger partial charge in [0.1, 0.15) is 5.82 Å². The second-order valence-corrected chi connectivity index (χ2v) is 7.14. The topological polar surface area (TPSA) is 58.1 Å². The van der Waals surface area contributed by atoms with Gasteiger partial charge in [0.05, 0.1) is 22.6 Å². The number of carbonyl (C=O) groups is 1. The summed E-state index contributed by atoms with van der Waals surface area (Å²) in [5, 5.41) is 2.53. The Morgan fingerprint density at radius 1 is 1.03 bits per heavy atom. The molecule has 1 N–H and O–H groups in total. The second kappa shape index (κ2) is 7.89. The van der Waals surface area contributed by atoms with E-state index in [4.69, 9.17) is 0 Å². The van der Waals surface area contributed by atoms with E-state index >= 15 is 0 Å². The fourth-order valence-corrected chi connectivity index (χ4v) is 3.58. The number of piperidine rings is 1. The number of carbonyl (C=O) groups excluding carboxylic acids is 1. The largest absolute Gasteiger partial charge is 0.437 e. The lowest BCUT2D eigenvalue weighted by Crippen LogP contribution is -2.42. The highest BCUT2D eigenvalue weighted by Gasteiger charge is 2.40. The summed E-state index contributed by atoms with van der Waals surface area (Å²) in [6, 6.07) is 12.1. The highest BCUT2D eigenvalue weighted by atomic mass is 19.4. The molecule has 2 aromatic carbocycles. The van der Waals surface area contributed by atoms with Gasteiger partial charge in [-0.05, 0) is 37.1 Å². The van der Waals surface area contributed by atoms with E-state index in [1.807, 2.05) is 0 Å². The van der Waals surface area contributed by atoms with Crippen LogP contribution in [0.2, 0.25) is 0 Å². The van der Waals surface area contributed by atoms with E-state index in [-0.39, 0.29) is 23.6 Å². The number of halogens is 4. The number of hydrogen-bond acceptors (Lipinski definition) is 4. The van der Waals surface area contributed by atoms with E-state index in [9.17, 15) is 22.4 Å². The third-order valence-corrected chi connectivity index (χ3v) is 5.04. The number of hydrogen-bond donors (Lipinski definition) is 1. The number of nitrogens with zero attached hydrogens (tertiary/aromatic N) is 3. The van der Waals surface area contributed by atoms with Crippen molar-refractivity contribution in [2.24, 2.45) is 5.92 Å². The van der Waals surface area contributed by atoms with E-state index < -0.39 is 29.5 Å². The fourth-order valence-electron chi connectivity index (χ4n) is 3.58. The summed E-state index contributed by atoms with van der Waals surface area (Å²) < 4.78 is 54.8. The lowest BCUT2D eigenvalue weighted by Gasteiger charge is -2.34. The number of aromatic nitrogens is 2. The van der Waals surface area contributed by atoms with E-state index in [0.29, 0.717) is 24.9 Å². The van der Waals surface area contributed by atoms with Gasteiger partial charge in [-0.25, -0.2) is 14.4 Å². The Bertz CT molecular complexity index is 1090. The van der Waals surface area contributed by atoms with Crippen LogP contribution in [0, 0.1) is 11.7 Å². The van der Waals surface area contributed by atoms with Crippen molar-refractivity contribution in [3.05, 3.63) is 60.0 Å². The summed E-state index contributed by atoms with van der Waals surface area (Å²) in [7, 11) is 0. The highest BCUT2D eigenvalue weighted by molar-refractivity contribution is 5.93. The van der Waals surface area contributed by atoms with Crippen molar-refractivity contribution >= 4 is 28.4 Å². The molecule has 1 aliphatic heterocycles. The van der Waals surface area contributed by atoms with Crippen LogP contribution >= 0.6 is 0 Å². The van der Waals surface area contributed by atoms with Gasteiger partial charge in [0.15, 0.2) is 11.5 Å². The molecular formula is C21H18F4N4O. The minimum absolute atomic E-state index is 0.0381.